The molecule has 0 unspecified atom stereocenters. The molecule has 0 aromatic heterocycles. The summed E-state index contributed by atoms with van der Waals surface area (Å²) in [5.41, 5.74) is 1.22. The Bertz CT molecular complexity index is 650. The molecular weight excluding hydrogens is 304 g/mol. The molecule has 1 aromatic carbocycles. The lowest BCUT2D eigenvalue weighted by molar-refractivity contribution is 0.0641. The number of nitrogens with zero attached hydrogens (tertiary/aromatic N) is 2. The van der Waals surface area contributed by atoms with Gasteiger partial charge in [0.25, 0.3) is 5.91 Å². The normalized spacial score (nSPS) is 16.7. The Kier molecular flexibility index (Phi) is 5.08. The van der Waals surface area contributed by atoms with Crippen LogP contribution in [0.15, 0.2) is 18.2 Å². The maximum absolute atomic E-state index is 12.4. The molecule has 0 spiro atoms. The smallest absolute Gasteiger partial charge is 0.257 e. The van der Waals surface area contributed by atoms with Crippen molar-refractivity contribution in [2.24, 2.45) is 0 Å². The molecule has 1 fully saturated rings. The fourth-order valence-electron chi connectivity index (χ4n) is 2.46. The van der Waals surface area contributed by atoms with Crippen LogP contribution in [0.4, 0.5) is 0 Å². The summed E-state index contributed by atoms with van der Waals surface area (Å²) in [5, 5.41) is 9.89. The summed E-state index contributed by atoms with van der Waals surface area (Å²) >= 11 is 0. The van der Waals surface area contributed by atoms with Crippen LogP contribution < -0.4 is 0 Å². The minimum absolute atomic E-state index is 0.00417. The van der Waals surface area contributed by atoms with Gasteiger partial charge >= 0.3 is 0 Å². The molecule has 0 atom stereocenters. The molecule has 1 aromatic rings. The molecule has 122 valence electrons. The molecule has 7 heteroatoms. The molecule has 1 heterocycles. The van der Waals surface area contributed by atoms with Gasteiger partial charge in [0, 0.05) is 39.0 Å². The van der Waals surface area contributed by atoms with Crippen LogP contribution in [0.1, 0.15) is 15.9 Å². The van der Waals surface area contributed by atoms with E-state index >= 15 is 0 Å². The van der Waals surface area contributed by atoms with Crippen molar-refractivity contribution in [1.82, 2.24) is 9.80 Å². The molecule has 0 saturated carbocycles. The van der Waals surface area contributed by atoms with Gasteiger partial charge in [0.05, 0.1) is 11.3 Å². The van der Waals surface area contributed by atoms with Crippen LogP contribution in [0.3, 0.4) is 0 Å². The van der Waals surface area contributed by atoms with Gasteiger partial charge in [-0.3, -0.25) is 9.69 Å². The van der Waals surface area contributed by atoms with Crippen molar-refractivity contribution in [1.29, 1.82) is 0 Å². The Morgan fingerprint density at radius 2 is 1.86 bits per heavy atom. The number of aryl methyl sites for hydroxylation is 1. The van der Waals surface area contributed by atoms with Crippen molar-refractivity contribution in [3.63, 3.8) is 0 Å². The number of aromatic hydroxyl groups is 1. The second-order valence-electron chi connectivity index (χ2n) is 5.78. The van der Waals surface area contributed by atoms with Crippen LogP contribution >= 0.6 is 0 Å². The summed E-state index contributed by atoms with van der Waals surface area (Å²) in [5.74, 6) is -0.0376. The van der Waals surface area contributed by atoms with Gasteiger partial charge in [0.1, 0.15) is 15.6 Å². The van der Waals surface area contributed by atoms with E-state index in [9.17, 15) is 18.3 Å². The fourth-order valence-corrected chi connectivity index (χ4v) is 3.05. The van der Waals surface area contributed by atoms with Gasteiger partial charge in [-0.15, -0.1) is 0 Å². The zero-order valence-corrected chi connectivity index (χ0v) is 13.8. The van der Waals surface area contributed by atoms with E-state index < -0.39 is 9.84 Å². The molecule has 2 rings (SSSR count). The van der Waals surface area contributed by atoms with E-state index in [-0.39, 0.29) is 17.4 Å². The predicted molar refractivity (Wildman–Crippen MR) is 84.9 cm³/mol. The molecule has 1 amide bonds. The maximum Gasteiger partial charge on any atom is 0.257 e. The summed E-state index contributed by atoms with van der Waals surface area (Å²) in [4.78, 5) is 16.1. The predicted octanol–water partition coefficient (Wildman–Crippen LogP) is 0.503. The Labute approximate surface area is 131 Å². The lowest BCUT2D eigenvalue weighted by atomic mass is 10.1. The molecule has 0 radical (unpaired) electrons. The van der Waals surface area contributed by atoms with E-state index in [1.54, 1.807) is 23.1 Å². The summed E-state index contributed by atoms with van der Waals surface area (Å²) in [6.07, 6.45) is 1.23. The Morgan fingerprint density at radius 3 is 2.41 bits per heavy atom. The van der Waals surface area contributed by atoms with Gasteiger partial charge in [-0.1, -0.05) is 6.07 Å². The van der Waals surface area contributed by atoms with Crippen molar-refractivity contribution < 1.29 is 18.3 Å². The third kappa shape index (κ3) is 4.45. The molecular formula is C15H22N2O4S. The summed E-state index contributed by atoms with van der Waals surface area (Å²) in [6.45, 7) is 4.72. The number of sulfone groups is 1. The van der Waals surface area contributed by atoms with Crippen molar-refractivity contribution >= 4 is 15.7 Å². The van der Waals surface area contributed by atoms with Crippen LogP contribution in [-0.4, -0.2) is 74.0 Å². The van der Waals surface area contributed by atoms with Gasteiger partial charge in [0.15, 0.2) is 0 Å². The number of rotatable bonds is 4. The van der Waals surface area contributed by atoms with Gasteiger partial charge < -0.3 is 10.0 Å². The summed E-state index contributed by atoms with van der Waals surface area (Å²) in [7, 11) is -2.96. The minimum atomic E-state index is -2.96. The van der Waals surface area contributed by atoms with Crippen molar-refractivity contribution in [3.05, 3.63) is 29.3 Å². The zero-order chi connectivity index (χ0) is 16.3. The highest BCUT2D eigenvalue weighted by Gasteiger charge is 2.24. The monoisotopic (exact) mass is 326 g/mol. The number of benzene rings is 1. The quantitative estimate of drug-likeness (QED) is 0.872. The van der Waals surface area contributed by atoms with E-state index in [0.29, 0.717) is 38.3 Å². The van der Waals surface area contributed by atoms with Crippen LogP contribution in [0.5, 0.6) is 5.75 Å². The Hall–Kier alpha value is -1.60. The molecule has 1 aliphatic heterocycles. The van der Waals surface area contributed by atoms with Crippen LogP contribution in [0.25, 0.3) is 0 Å². The summed E-state index contributed by atoms with van der Waals surface area (Å²) < 4.78 is 22.4. The van der Waals surface area contributed by atoms with Gasteiger partial charge in [-0.25, -0.2) is 8.42 Å². The first-order valence-electron chi connectivity index (χ1n) is 7.25. The van der Waals surface area contributed by atoms with Crippen LogP contribution in [0.2, 0.25) is 0 Å². The number of amides is 1. The molecule has 1 aliphatic rings. The zero-order valence-electron chi connectivity index (χ0n) is 12.9. The van der Waals surface area contributed by atoms with Crippen molar-refractivity contribution in [3.8, 4) is 5.75 Å². The average Bonchev–Trinajstić information content (AvgIpc) is 2.44. The summed E-state index contributed by atoms with van der Waals surface area (Å²) in [6, 6.07) is 5.02. The Balaban J connectivity index is 1.92. The van der Waals surface area contributed by atoms with E-state index in [0.717, 1.165) is 5.56 Å². The van der Waals surface area contributed by atoms with Crippen molar-refractivity contribution in [2.45, 2.75) is 6.92 Å². The third-order valence-electron chi connectivity index (χ3n) is 3.82. The minimum Gasteiger partial charge on any atom is -0.507 e. The number of hydrogen-bond donors (Lipinski definition) is 1. The second kappa shape index (κ2) is 6.66. The lowest BCUT2D eigenvalue weighted by Crippen LogP contribution is -2.49. The number of phenols is 1. The molecule has 0 bridgehead atoms. The SMILES string of the molecule is Cc1ccc(C(=O)N2CCN(CCS(C)(=O)=O)CC2)c(O)c1. The highest BCUT2D eigenvalue weighted by molar-refractivity contribution is 7.90. The van der Waals surface area contributed by atoms with E-state index in [1.807, 2.05) is 11.8 Å². The molecule has 1 N–H and O–H groups in total. The number of phenolic OH excluding ortho intramolecular Hbond substituents is 1. The highest BCUT2D eigenvalue weighted by Crippen LogP contribution is 2.20. The third-order valence-corrected chi connectivity index (χ3v) is 4.75. The molecule has 22 heavy (non-hydrogen) atoms. The Morgan fingerprint density at radius 1 is 1.23 bits per heavy atom. The largest absolute Gasteiger partial charge is 0.507 e. The number of carbonyl (C=O) groups excluding carboxylic acids is 1. The number of hydrogen-bond acceptors (Lipinski definition) is 5. The van der Waals surface area contributed by atoms with Crippen LogP contribution in [-0.2, 0) is 9.84 Å². The van der Waals surface area contributed by atoms with Crippen molar-refractivity contribution in [2.75, 3.05) is 44.7 Å². The van der Waals surface area contributed by atoms with E-state index in [1.165, 1.54) is 6.26 Å². The van der Waals surface area contributed by atoms with E-state index in [4.69, 9.17) is 0 Å². The van der Waals surface area contributed by atoms with E-state index in [2.05, 4.69) is 0 Å². The molecule has 0 aliphatic carbocycles. The lowest BCUT2D eigenvalue weighted by Gasteiger charge is -2.34. The highest BCUT2D eigenvalue weighted by atomic mass is 32.2. The second-order valence-corrected chi connectivity index (χ2v) is 8.04. The maximum atomic E-state index is 12.4. The topological polar surface area (TPSA) is 77.9 Å². The van der Waals surface area contributed by atoms with Gasteiger partial charge in [0.2, 0.25) is 0 Å². The van der Waals surface area contributed by atoms with Gasteiger partial charge in [-0.2, -0.15) is 0 Å². The first-order chi connectivity index (χ1) is 10.3. The first-order valence-corrected chi connectivity index (χ1v) is 9.31. The standard InChI is InChI=1S/C15H22N2O4S/c1-12-3-4-13(14(18)11-12)15(19)17-7-5-16(6-8-17)9-10-22(2,20)21/h3-4,11,18H,5-10H2,1-2H3. The fraction of sp³-hybridized carbons (Fsp3) is 0.533. The number of carbonyl (C=O) groups is 1. The average molecular weight is 326 g/mol. The van der Waals surface area contributed by atoms with Crippen LogP contribution in [0, 0.1) is 6.92 Å². The molecule has 1 saturated heterocycles. The first kappa shape index (κ1) is 16.8. The molecule has 6 nitrogen and oxygen atoms in total. The number of piperazine rings is 1. The van der Waals surface area contributed by atoms with Gasteiger partial charge in [-0.05, 0) is 24.6 Å².